The van der Waals surface area contributed by atoms with Gasteiger partial charge < -0.3 is 15.4 Å². The number of oxime groups is 1. The van der Waals surface area contributed by atoms with Crippen LogP contribution in [0.1, 0.15) is 17.0 Å². The van der Waals surface area contributed by atoms with Crippen molar-refractivity contribution in [3.05, 3.63) is 34.3 Å². The van der Waals surface area contributed by atoms with Crippen LogP contribution in [0.5, 0.6) is 0 Å². The zero-order valence-electron chi connectivity index (χ0n) is 10.2. The topological polar surface area (TPSA) is 97.5 Å². The molecule has 0 unspecified atom stereocenters. The van der Waals surface area contributed by atoms with Crippen molar-refractivity contribution >= 4 is 29.2 Å². The van der Waals surface area contributed by atoms with E-state index in [9.17, 15) is 0 Å². The number of oxazole rings is 1. The van der Waals surface area contributed by atoms with E-state index in [-0.39, 0.29) is 10.9 Å². The maximum absolute atomic E-state index is 8.68. The zero-order chi connectivity index (χ0) is 14.0. The van der Waals surface area contributed by atoms with Gasteiger partial charge >= 0.3 is 0 Å². The average molecular weight is 299 g/mol. The van der Waals surface area contributed by atoms with Crippen LogP contribution in [0.15, 0.2) is 32.1 Å². The number of nitrogens with zero attached hydrogens (tertiary/aromatic N) is 3. The Hall–Kier alpha value is -1.73. The second kappa shape index (κ2) is 5.50. The van der Waals surface area contributed by atoms with Gasteiger partial charge in [0.2, 0.25) is 0 Å². The van der Waals surface area contributed by atoms with Gasteiger partial charge in [0.1, 0.15) is 10.8 Å². The summed E-state index contributed by atoms with van der Waals surface area (Å²) in [5.74, 6) is 0.667. The van der Waals surface area contributed by atoms with Gasteiger partial charge in [-0.25, -0.2) is 9.97 Å². The van der Waals surface area contributed by atoms with E-state index in [4.69, 9.17) is 27.0 Å². The van der Waals surface area contributed by atoms with Crippen LogP contribution >= 0.6 is 23.4 Å². The molecule has 2 aromatic heterocycles. The van der Waals surface area contributed by atoms with Gasteiger partial charge in [0, 0.05) is 11.8 Å². The van der Waals surface area contributed by atoms with Crippen LogP contribution in [-0.4, -0.2) is 21.0 Å². The predicted octanol–water partition coefficient (Wildman–Crippen LogP) is 2.59. The van der Waals surface area contributed by atoms with Gasteiger partial charge in [-0.1, -0.05) is 16.8 Å². The molecule has 0 amide bonds. The van der Waals surface area contributed by atoms with Crippen LogP contribution < -0.4 is 5.73 Å². The van der Waals surface area contributed by atoms with Crippen molar-refractivity contribution in [3.63, 3.8) is 0 Å². The lowest BCUT2D eigenvalue weighted by atomic mass is 10.2. The summed E-state index contributed by atoms with van der Waals surface area (Å²) in [6.07, 6.45) is 1.52. The summed E-state index contributed by atoms with van der Waals surface area (Å²) in [4.78, 5) is 8.36. The molecule has 0 bridgehead atoms. The minimum absolute atomic E-state index is 0.0750. The Kier molecular flexibility index (Phi) is 3.96. The number of nitrogens with two attached hydrogens (primary N) is 1. The molecule has 2 rings (SSSR count). The van der Waals surface area contributed by atoms with Crippen molar-refractivity contribution in [1.82, 2.24) is 9.97 Å². The smallest absolute Gasteiger partial charge is 0.262 e. The Labute approximate surface area is 118 Å². The van der Waals surface area contributed by atoms with E-state index >= 15 is 0 Å². The molecule has 0 aliphatic rings. The summed E-state index contributed by atoms with van der Waals surface area (Å²) in [5.41, 5.74) is 6.74. The van der Waals surface area contributed by atoms with Crippen molar-refractivity contribution in [1.29, 1.82) is 0 Å². The average Bonchev–Trinajstić information content (AvgIpc) is 2.70. The number of hydrogen-bond acceptors (Lipinski definition) is 6. The number of pyridine rings is 1. The summed E-state index contributed by atoms with van der Waals surface area (Å²) in [6.45, 7) is 3.68. The van der Waals surface area contributed by atoms with Crippen molar-refractivity contribution in [3.8, 4) is 0 Å². The lowest BCUT2D eigenvalue weighted by Gasteiger charge is -2.05. The van der Waals surface area contributed by atoms with Crippen LogP contribution in [0.3, 0.4) is 0 Å². The fraction of sp³-hybridized carbons (Fsp3) is 0.182. The molecular weight excluding hydrogens is 288 g/mol. The highest BCUT2D eigenvalue weighted by Crippen LogP contribution is 2.33. The molecule has 0 radical (unpaired) electrons. The van der Waals surface area contributed by atoms with E-state index in [2.05, 4.69) is 15.1 Å². The fourth-order valence-electron chi connectivity index (χ4n) is 1.32. The first-order chi connectivity index (χ1) is 9.02. The molecule has 8 heteroatoms. The molecule has 0 fully saturated rings. The highest BCUT2D eigenvalue weighted by atomic mass is 35.5. The number of aryl methyl sites for hydroxylation is 2. The molecule has 100 valence electrons. The Balaban J connectivity index is 2.36. The van der Waals surface area contributed by atoms with Gasteiger partial charge in [0.25, 0.3) is 5.22 Å². The van der Waals surface area contributed by atoms with E-state index in [0.717, 1.165) is 11.5 Å². The number of rotatable bonds is 3. The number of aromatic nitrogens is 2. The SMILES string of the molecule is Cc1nc(Sc2nccc(/C(N)=N/O)c2Cl)oc1C. The Morgan fingerprint density at radius 1 is 1.53 bits per heavy atom. The van der Waals surface area contributed by atoms with Crippen molar-refractivity contribution in [2.24, 2.45) is 10.9 Å². The molecule has 0 aliphatic carbocycles. The molecule has 19 heavy (non-hydrogen) atoms. The van der Waals surface area contributed by atoms with Crippen LogP contribution in [0.4, 0.5) is 0 Å². The van der Waals surface area contributed by atoms with E-state index in [0.29, 0.717) is 15.8 Å². The highest BCUT2D eigenvalue weighted by molar-refractivity contribution is 7.99. The molecular formula is C11H11ClN4O2S. The molecule has 0 atom stereocenters. The molecule has 2 aromatic rings. The zero-order valence-corrected chi connectivity index (χ0v) is 11.8. The van der Waals surface area contributed by atoms with Crippen LogP contribution in [-0.2, 0) is 0 Å². The Morgan fingerprint density at radius 2 is 2.26 bits per heavy atom. The van der Waals surface area contributed by atoms with E-state index in [1.165, 1.54) is 18.0 Å². The highest BCUT2D eigenvalue weighted by Gasteiger charge is 2.15. The second-order valence-electron chi connectivity index (χ2n) is 3.69. The number of halogens is 1. The largest absolute Gasteiger partial charge is 0.436 e. The summed E-state index contributed by atoms with van der Waals surface area (Å²) in [7, 11) is 0. The second-order valence-corrected chi connectivity index (χ2v) is 5.00. The van der Waals surface area contributed by atoms with E-state index in [1.54, 1.807) is 6.07 Å². The maximum atomic E-state index is 8.68. The molecule has 0 saturated heterocycles. The minimum atomic E-state index is -0.0750. The van der Waals surface area contributed by atoms with Crippen molar-refractivity contribution in [2.45, 2.75) is 24.1 Å². The lowest BCUT2D eigenvalue weighted by Crippen LogP contribution is -2.14. The van der Waals surface area contributed by atoms with Gasteiger partial charge in [-0.05, 0) is 31.7 Å². The van der Waals surface area contributed by atoms with Gasteiger partial charge in [0.15, 0.2) is 5.84 Å². The van der Waals surface area contributed by atoms with Crippen LogP contribution in [0.25, 0.3) is 0 Å². The first-order valence-corrected chi connectivity index (χ1v) is 6.46. The molecule has 3 N–H and O–H groups in total. The van der Waals surface area contributed by atoms with Crippen molar-refractivity contribution < 1.29 is 9.62 Å². The Bertz CT molecular complexity index is 622. The normalized spacial score (nSPS) is 11.8. The summed E-state index contributed by atoms with van der Waals surface area (Å²) in [5, 5.41) is 12.8. The first-order valence-electron chi connectivity index (χ1n) is 5.27. The van der Waals surface area contributed by atoms with E-state index < -0.39 is 0 Å². The van der Waals surface area contributed by atoms with Gasteiger partial charge in [-0.3, -0.25) is 0 Å². The molecule has 0 spiro atoms. The van der Waals surface area contributed by atoms with Crippen LogP contribution in [0, 0.1) is 13.8 Å². The van der Waals surface area contributed by atoms with Crippen molar-refractivity contribution in [2.75, 3.05) is 0 Å². The van der Waals surface area contributed by atoms with Gasteiger partial charge in [-0.15, -0.1) is 0 Å². The summed E-state index contributed by atoms with van der Waals surface area (Å²) < 4.78 is 5.44. The van der Waals surface area contributed by atoms with Gasteiger partial charge in [-0.2, -0.15) is 0 Å². The minimum Gasteiger partial charge on any atom is -0.436 e. The third kappa shape index (κ3) is 2.82. The van der Waals surface area contributed by atoms with E-state index in [1.807, 2.05) is 13.8 Å². The monoisotopic (exact) mass is 298 g/mol. The molecule has 0 saturated carbocycles. The molecule has 6 nitrogen and oxygen atoms in total. The fourth-order valence-corrected chi connectivity index (χ4v) is 2.47. The maximum Gasteiger partial charge on any atom is 0.262 e. The summed E-state index contributed by atoms with van der Waals surface area (Å²) in [6, 6.07) is 1.56. The van der Waals surface area contributed by atoms with Gasteiger partial charge in [0.05, 0.1) is 10.7 Å². The lowest BCUT2D eigenvalue weighted by molar-refractivity contribution is 0.318. The van der Waals surface area contributed by atoms with Crippen LogP contribution in [0.2, 0.25) is 5.02 Å². The standard InChI is InChI=1S/C11H11ClN4O2S/c1-5-6(2)18-11(15-5)19-10-8(12)7(3-4-14-10)9(13)16-17/h3-4,17H,1-2H3,(H2,13,16). The molecule has 0 aliphatic heterocycles. The predicted molar refractivity (Wildman–Crippen MR) is 71.9 cm³/mol. The summed E-state index contributed by atoms with van der Waals surface area (Å²) >= 11 is 7.33. The first kappa shape index (κ1) is 13.7. The molecule has 0 aromatic carbocycles. The number of amidine groups is 1. The third-order valence-corrected chi connectivity index (χ3v) is 3.78. The third-order valence-electron chi connectivity index (χ3n) is 2.43. The number of hydrogen-bond donors (Lipinski definition) is 2. The Morgan fingerprint density at radius 3 is 2.84 bits per heavy atom. The quantitative estimate of drug-likeness (QED) is 0.391. The molecule has 2 heterocycles.